The maximum atomic E-state index is 12.1. The van der Waals surface area contributed by atoms with Crippen LogP contribution in [0.5, 0.6) is 0 Å². The minimum absolute atomic E-state index is 0.0102. The molecule has 8 atom stereocenters. The largest absolute Gasteiger partial charge is 0.445 e. The number of hydrogen-bond donors (Lipinski definition) is 1. The number of nitrogens with two attached hydrogens (primary N) is 1. The SMILES string of the molecule is C=C/C=C\[C@H](C)[C@H](OC(N)=O)[C@H](C)[C@H](O[Si](C)(C)C(C)(C)C)[C@@H](C)C/C(C)=C\[C@H](C)[C@@H](O[Si](C)(C)C(C)(C)C)[C@@H](C)/C=C\C(C)=O. The highest BCUT2D eigenvalue weighted by Gasteiger charge is 2.44. The Balaban J connectivity index is 6.66. The molecule has 0 aliphatic rings. The molecule has 1 amide bonds. The van der Waals surface area contributed by atoms with Crippen LogP contribution in [0.15, 0.2) is 48.6 Å². The molecule has 46 heavy (non-hydrogen) atoms. The second-order valence-electron chi connectivity index (χ2n) is 16.8. The molecule has 6 nitrogen and oxygen atoms in total. The van der Waals surface area contributed by atoms with E-state index in [2.05, 4.69) is 115 Å². The molecule has 0 fully saturated rings. The van der Waals surface area contributed by atoms with Crippen LogP contribution in [0.25, 0.3) is 0 Å². The summed E-state index contributed by atoms with van der Waals surface area (Å²) in [6.07, 6.45) is 11.0. The molecule has 8 heteroatoms. The smallest absolute Gasteiger partial charge is 0.404 e. The molecule has 0 saturated heterocycles. The minimum atomic E-state index is -2.19. The highest BCUT2D eigenvalue weighted by atomic mass is 28.4. The van der Waals surface area contributed by atoms with E-state index in [1.54, 1.807) is 19.1 Å². The Morgan fingerprint density at radius 3 is 1.63 bits per heavy atom. The molecular formula is C38H71NO5Si2. The first-order valence-electron chi connectivity index (χ1n) is 17.2. The Kier molecular flexibility index (Phi) is 17.4. The van der Waals surface area contributed by atoms with Gasteiger partial charge in [-0.25, -0.2) is 4.79 Å². The molecule has 0 saturated carbocycles. The highest BCUT2D eigenvalue weighted by molar-refractivity contribution is 6.74. The van der Waals surface area contributed by atoms with Gasteiger partial charge >= 0.3 is 6.09 Å². The lowest BCUT2D eigenvalue weighted by Gasteiger charge is -2.45. The first-order chi connectivity index (χ1) is 20.7. The van der Waals surface area contributed by atoms with Crippen LogP contribution in [0.2, 0.25) is 36.3 Å². The van der Waals surface area contributed by atoms with E-state index in [0.29, 0.717) is 0 Å². The lowest BCUT2D eigenvalue weighted by molar-refractivity contribution is -0.112. The van der Waals surface area contributed by atoms with Crippen LogP contribution in [-0.2, 0) is 18.4 Å². The van der Waals surface area contributed by atoms with Crippen molar-refractivity contribution in [3.8, 4) is 0 Å². The molecule has 0 unspecified atom stereocenters. The number of ketones is 1. The summed E-state index contributed by atoms with van der Waals surface area (Å²) < 4.78 is 20.0. The summed E-state index contributed by atoms with van der Waals surface area (Å²) >= 11 is 0. The van der Waals surface area contributed by atoms with Gasteiger partial charge in [-0.1, -0.05) is 119 Å². The summed E-state index contributed by atoms with van der Waals surface area (Å²) in [7, 11) is -4.28. The number of primary amides is 1. The molecule has 0 radical (unpaired) electrons. The Bertz CT molecular complexity index is 1080. The van der Waals surface area contributed by atoms with Crippen molar-refractivity contribution in [2.24, 2.45) is 35.3 Å². The third-order valence-electron chi connectivity index (χ3n) is 10.3. The van der Waals surface area contributed by atoms with Crippen molar-refractivity contribution in [2.45, 2.75) is 151 Å². The second-order valence-corrected chi connectivity index (χ2v) is 26.3. The summed E-state index contributed by atoms with van der Waals surface area (Å²) in [6, 6.07) is 0. The number of carbonyl (C=O) groups is 2. The Morgan fingerprint density at radius 1 is 0.761 bits per heavy atom. The molecule has 0 spiro atoms. The Hall–Kier alpha value is -1.75. The molecule has 0 aliphatic carbocycles. The fourth-order valence-corrected chi connectivity index (χ4v) is 8.42. The first-order valence-corrected chi connectivity index (χ1v) is 23.0. The van der Waals surface area contributed by atoms with Crippen LogP contribution in [0.3, 0.4) is 0 Å². The molecule has 0 aromatic rings. The van der Waals surface area contributed by atoms with Crippen molar-refractivity contribution in [3.05, 3.63) is 48.6 Å². The Morgan fingerprint density at radius 2 is 1.22 bits per heavy atom. The van der Waals surface area contributed by atoms with Crippen LogP contribution in [0.1, 0.15) is 96.4 Å². The van der Waals surface area contributed by atoms with Crippen LogP contribution < -0.4 is 5.73 Å². The quantitative estimate of drug-likeness (QED) is 0.0675. The zero-order valence-corrected chi connectivity index (χ0v) is 34.6. The zero-order valence-electron chi connectivity index (χ0n) is 32.6. The monoisotopic (exact) mass is 677 g/mol. The van der Waals surface area contributed by atoms with E-state index in [0.717, 1.165) is 6.42 Å². The minimum Gasteiger partial charge on any atom is -0.445 e. The summed E-state index contributed by atoms with van der Waals surface area (Å²) in [5.74, 6) is 0.185. The number of rotatable bonds is 18. The van der Waals surface area contributed by atoms with E-state index >= 15 is 0 Å². The third-order valence-corrected chi connectivity index (χ3v) is 19.2. The second kappa shape index (κ2) is 18.1. The van der Waals surface area contributed by atoms with Gasteiger partial charge in [0.25, 0.3) is 0 Å². The normalized spacial score (nSPS) is 19.3. The zero-order chi connectivity index (χ0) is 36.4. The van der Waals surface area contributed by atoms with E-state index in [1.807, 2.05) is 25.2 Å². The average Bonchev–Trinajstić information content (AvgIpc) is 2.88. The molecule has 0 aromatic heterocycles. The van der Waals surface area contributed by atoms with Crippen LogP contribution in [0.4, 0.5) is 4.79 Å². The number of ether oxygens (including phenoxy) is 1. The van der Waals surface area contributed by atoms with Crippen molar-refractivity contribution in [1.82, 2.24) is 0 Å². The highest BCUT2D eigenvalue weighted by Crippen LogP contribution is 2.42. The van der Waals surface area contributed by atoms with Crippen LogP contribution in [0, 0.1) is 29.6 Å². The Labute approximate surface area is 285 Å². The standard InChI is InChI=1S/C38H71NO5Si2/c1-19-20-21-27(3)34(42-36(39)41)32(8)35(44-46(17,18)38(12,13)14)30(6)25-26(2)24-29(5)33(28(4)22-23-31(7)40)43-45(15,16)37(9,10)11/h19-24,27-30,32-35H,1,25H2,2-18H3,(H2,39,41)/b21-20-,23-22-,26-24-/t27-,28-,29-,30-,32-,33-,34-,35+/m0/s1. The molecule has 266 valence electrons. The first kappa shape index (κ1) is 44.3. The fraction of sp³-hybridized carbons (Fsp3) is 0.737. The summed E-state index contributed by atoms with van der Waals surface area (Å²) in [4.78, 5) is 23.9. The van der Waals surface area contributed by atoms with Gasteiger partial charge in [0.05, 0.1) is 12.2 Å². The number of hydrogen-bond acceptors (Lipinski definition) is 5. The van der Waals surface area contributed by atoms with Crippen molar-refractivity contribution in [3.63, 3.8) is 0 Å². The summed E-state index contributed by atoms with van der Waals surface area (Å²) in [5.41, 5.74) is 6.85. The molecule has 0 aliphatic heterocycles. The third kappa shape index (κ3) is 14.2. The van der Waals surface area contributed by atoms with Gasteiger partial charge in [-0.15, -0.1) is 0 Å². The van der Waals surface area contributed by atoms with Crippen molar-refractivity contribution in [2.75, 3.05) is 0 Å². The van der Waals surface area contributed by atoms with E-state index in [9.17, 15) is 9.59 Å². The molecule has 0 aromatic carbocycles. The average molecular weight is 678 g/mol. The molecule has 0 rings (SSSR count). The topological polar surface area (TPSA) is 87.8 Å². The van der Waals surface area contributed by atoms with E-state index < -0.39 is 28.8 Å². The summed E-state index contributed by atoms with van der Waals surface area (Å²) in [5, 5.41) is 0.0740. The maximum absolute atomic E-state index is 12.1. The van der Waals surface area contributed by atoms with Gasteiger partial charge in [0.2, 0.25) is 0 Å². The van der Waals surface area contributed by atoms with Gasteiger partial charge in [0, 0.05) is 11.8 Å². The number of carbonyl (C=O) groups excluding carboxylic acids is 2. The molecule has 2 N–H and O–H groups in total. The van der Waals surface area contributed by atoms with E-state index in [-0.39, 0.29) is 57.7 Å². The van der Waals surface area contributed by atoms with Crippen LogP contribution in [-0.4, -0.2) is 46.8 Å². The lowest BCUT2D eigenvalue weighted by atomic mass is 9.81. The van der Waals surface area contributed by atoms with Crippen molar-refractivity contribution < 1.29 is 23.2 Å². The fourth-order valence-electron chi connectivity index (χ4n) is 5.48. The predicted molar refractivity (Wildman–Crippen MR) is 202 cm³/mol. The van der Waals surface area contributed by atoms with Gasteiger partial charge in [0.1, 0.15) is 6.10 Å². The molecule has 0 heterocycles. The lowest BCUT2D eigenvalue weighted by Crippen LogP contribution is -2.50. The van der Waals surface area contributed by atoms with E-state index in [1.165, 1.54) is 5.57 Å². The predicted octanol–water partition coefficient (Wildman–Crippen LogP) is 10.6. The van der Waals surface area contributed by atoms with Crippen LogP contribution >= 0.6 is 0 Å². The van der Waals surface area contributed by atoms with Gasteiger partial charge in [-0.3, -0.25) is 4.79 Å². The van der Waals surface area contributed by atoms with Gasteiger partial charge in [-0.2, -0.15) is 0 Å². The van der Waals surface area contributed by atoms with E-state index in [4.69, 9.17) is 19.3 Å². The van der Waals surface area contributed by atoms with Gasteiger partial charge in [-0.05, 0) is 80.4 Å². The molecule has 0 bridgehead atoms. The maximum Gasteiger partial charge on any atom is 0.404 e. The van der Waals surface area contributed by atoms with Gasteiger partial charge in [0.15, 0.2) is 22.4 Å². The molecular weight excluding hydrogens is 607 g/mol. The van der Waals surface area contributed by atoms with Crippen molar-refractivity contribution >= 4 is 28.5 Å². The number of allylic oxidation sites excluding steroid dienone is 4. The van der Waals surface area contributed by atoms with Crippen molar-refractivity contribution in [1.29, 1.82) is 0 Å². The summed E-state index contributed by atoms with van der Waals surface area (Å²) in [6.45, 7) is 40.9. The number of amides is 1. The van der Waals surface area contributed by atoms with Gasteiger partial charge < -0.3 is 19.3 Å².